The number of likely N-dealkylation sites (tertiary alicyclic amines) is 2. The van der Waals surface area contributed by atoms with Gasteiger partial charge in [-0.3, -0.25) is 9.59 Å². The molecule has 2 aliphatic rings. The predicted octanol–water partition coefficient (Wildman–Crippen LogP) is 6.00. The average molecular weight is 706 g/mol. The monoisotopic (exact) mass is 705 g/mol. The van der Waals surface area contributed by atoms with E-state index in [1.807, 2.05) is 42.0 Å². The Morgan fingerprint density at radius 3 is 2.21 bits per heavy atom. The maximum absolute atomic E-state index is 13.9. The highest BCUT2D eigenvalue weighted by atomic mass is 16.5. The van der Waals surface area contributed by atoms with Crippen molar-refractivity contribution in [3.05, 3.63) is 66.4 Å². The number of alkyl carbamates (subject to hydrolysis) is 1. The number of aromatic amines is 2. The number of rotatable bonds is 10. The lowest BCUT2D eigenvalue weighted by molar-refractivity contribution is -0.136. The minimum atomic E-state index is -0.668. The molecule has 52 heavy (non-hydrogen) atoms. The van der Waals surface area contributed by atoms with Crippen LogP contribution in [-0.2, 0) is 14.3 Å². The summed E-state index contributed by atoms with van der Waals surface area (Å²) < 4.78 is 4.85. The molecule has 13 nitrogen and oxygen atoms in total. The van der Waals surface area contributed by atoms with Crippen LogP contribution in [0.25, 0.3) is 44.5 Å². The normalized spacial score (nSPS) is 18.7. The van der Waals surface area contributed by atoms with Gasteiger partial charge in [0.1, 0.15) is 23.2 Å². The predicted molar refractivity (Wildman–Crippen MR) is 199 cm³/mol. The highest BCUT2D eigenvalue weighted by Gasteiger charge is 2.39. The number of aromatic nitrogens is 5. The van der Waals surface area contributed by atoms with Crippen LogP contribution in [-0.4, -0.2) is 84.9 Å². The Bertz CT molecular complexity index is 2100. The Morgan fingerprint density at radius 1 is 0.885 bits per heavy atom. The number of ether oxygens (including phenoxy) is 1. The SMILES string of the molecule is CCC(CC)[C@H](NC(=O)OC)C(=O)N1CCC[C@H]1c1nc2ccc(-c3ccc4cc(-c5cnc([C@@H]6CCCN6C(=O)[C@H](C)N)[nH]5)ccc4c3)nc2[nH]1. The molecule has 0 radical (unpaired) electrons. The Balaban J connectivity index is 1.10. The van der Waals surface area contributed by atoms with E-state index in [1.165, 1.54) is 7.11 Å². The van der Waals surface area contributed by atoms with Crippen molar-refractivity contribution in [2.24, 2.45) is 11.7 Å². The molecule has 7 rings (SSSR count). The van der Waals surface area contributed by atoms with Crippen molar-refractivity contribution in [3.8, 4) is 22.5 Å². The van der Waals surface area contributed by atoms with Crippen molar-refractivity contribution >= 4 is 39.8 Å². The molecule has 272 valence electrons. The number of benzene rings is 2. The van der Waals surface area contributed by atoms with E-state index < -0.39 is 18.2 Å². The van der Waals surface area contributed by atoms with Crippen LogP contribution in [0.5, 0.6) is 0 Å². The largest absolute Gasteiger partial charge is 0.453 e. The molecule has 5 N–H and O–H groups in total. The molecule has 13 heteroatoms. The van der Waals surface area contributed by atoms with E-state index in [-0.39, 0.29) is 29.8 Å². The third-order valence-corrected chi connectivity index (χ3v) is 10.7. The number of nitrogens with zero attached hydrogens (tertiary/aromatic N) is 5. The van der Waals surface area contributed by atoms with Crippen molar-refractivity contribution in [3.63, 3.8) is 0 Å². The van der Waals surface area contributed by atoms with Crippen molar-refractivity contribution in [2.45, 2.75) is 83.5 Å². The maximum Gasteiger partial charge on any atom is 0.407 e. The zero-order valence-corrected chi connectivity index (χ0v) is 30.2. The van der Waals surface area contributed by atoms with Gasteiger partial charge in [-0.1, -0.05) is 51.0 Å². The third kappa shape index (κ3) is 6.72. The molecule has 0 spiro atoms. The number of hydrogen-bond acceptors (Lipinski definition) is 8. The number of nitrogens with one attached hydrogen (secondary N) is 3. The van der Waals surface area contributed by atoms with E-state index in [9.17, 15) is 14.4 Å². The molecule has 2 aromatic carbocycles. The third-order valence-electron chi connectivity index (χ3n) is 10.7. The number of hydrogen-bond donors (Lipinski definition) is 4. The summed E-state index contributed by atoms with van der Waals surface area (Å²) in [6, 6.07) is 15.0. The molecule has 0 unspecified atom stereocenters. The maximum atomic E-state index is 13.9. The summed E-state index contributed by atoms with van der Waals surface area (Å²) in [6.07, 6.45) is 6.14. The minimum absolute atomic E-state index is 0.00794. The smallest absolute Gasteiger partial charge is 0.407 e. The summed E-state index contributed by atoms with van der Waals surface area (Å²) in [5.41, 5.74) is 11.0. The van der Waals surface area contributed by atoms with Crippen LogP contribution in [0, 0.1) is 5.92 Å². The topological polar surface area (TPSA) is 175 Å². The summed E-state index contributed by atoms with van der Waals surface area (Å²) in [7, 11) is 1.31. The molecular weight excluding hydrogens is 658 g/mol. The molecule has 5 heterocycles. The van der Waals surface area contributed by atoms with Crippen LogP contribution < -0.4 is 11.1 Å². The molecule has 0 bridgehead atoms. The first kappa shape index (κ1) is 35.1. The molecule has 3 amide bonds. The van der Waals surface area contributed by atoms with E-state index in [4.69, 9.17) is 20.4 Å². The van der Waals surface area contributed by atoms with Gasteiger partial charge >= 0.3 is 6.09 Å². The molecule has 2 aliphatic heterocycles. The second-order valence-electron chi connectivity index (χ2n) is 14.0. The zero-order valence-electron chi connectivity index (χ0n) is 30.2. The van der Waals surface area contributed by atoms with E-state index in [1.54, 1.807) is 6.92 Å². The molecule has 2 saturated heterocycles. The Kier molecular flexibility index (Phi) is 9.96. The summed E-state index contributed by atoms with van der Waals surface area (Å²) in [5.74, 6) is 1.31. The van der Waals surface area contributed by atoms with E-state index >= 15 is 0 Å². The lowest BCUT2D eigenvalue weighted by atomic mass is 9.93. The van der Waals surface area contributed by atoms with Gasteiger partial charge in [0.15, 0.2) is 5.65 Å². The molecule has 0 saturated carbocycles. The van der Waals surface area contributed by atoms with Crippen LogP contribution in [0.3, 0.4) is 0 Å². The number of pyridine rings is 1. The van der Waals surface area contributed by atoms with Gasteiger partial charge in [0, 0.05) is 24.2 Å². The van der Waals surface area contributed by atoms with Crippen molar-refractivity contribution < 1.29 is 19.1 Å². The van der Waals surface area contributed by atoms with Gasteiger partial charge in [0.2, 0.25) is 11.8 Å². The highest BCUT2D eigenvalue weighted by Crippen LogP contribution is 2.35. The standard InChI is InChI=1S/C39H47N9O4/c1-5-23(6-2)33(45-39(51)52-4)38(50)48-18-8-10-32(48)36-43-29-16-15-28(42-34(29)46-36)26-13-11-25-20-27(14-12-24(25)19-26)30-21-41-35(44-30)31-9-7-17-47(31)37(49)22(3)40/h11-16,19-23,31-33H,5-10,17-18,40H2,1-4H3,(H,41,44)(H,45,51)(H,42,43,46)/t22-,31-,32-,33-/m0/s1. The second kappa shape index (κ2) is 14.7. The van der Waals surface area contributed by atoms with Gasteiger partial charge in [-0.05, 0) is 73.6 Å². The molecular formula is C39H47N9O4. The number of H-pyrrole nitrogens is 2. The van der Waals surface area contributed by atoms with Crippen LogP contribution in [0.1, 0.15) is 83.0 Å². The second-order valence-corrected chi connectivity index (χ2v) is 14.0. The molecule has 0 aliphatic carbocycles. The molecule has 5 aromatic rings. The summed E-state index contributed by atoms with van der Waals surface area (Å²) in [5, 5.41) is 4.95. The Hall–Kier alpha value is -5.30. The van der Waals surface area contributed by atoms with Gasteiger partial charge in [-0.2, -0.15) is 0 Å². The summed E-state index contributed by atoms with van der Waals surface area (Å²) >= 11 is 0. The number of imidazole rings is 2. The van der Waals surface area contributed by atoms with Gasteiger partial charge in [0.05, 0.1) is 42.8 Å². The molecule has 3 aromatic heterocycles. The van der Waals surface area contributed by atoms with Crippen molar-refractivity contribution in [1.29, 1.82) is 0 Å². The summed E-state index contributed by atoms with van der Waals surface area (Å²) in [4.78, 5) is 63.7. The fourth-order valence-electron chi connectivity index (χ4n) is 7.85. The van der Waals surface area contributed by atoms with Crippen molar-refractivity contribution in [1.82, 2.24) is 40.0 Å². The lowest BCUT2D eigenvalue weighted by Gasteiger charge is -2.31. The fourth-order valence-corrected chi connectivity index (χ4v) is 7.85. The van der Waals surface area contributed by atoms with Gasteiger partial charge in [-0.15, -0.1) is 0 Å². The van der Waals surface area contributed by atoms with Gasteiger partial charge in [-0.25, -0.2) is 19.7 Å². The lowest BCUT2D eigenvalue weighted by Crippen LogP contribution is -2.52. The van der Waals surface area contributed by atoms with E-state index in [0.29, 0.717) is 24.6 Å². The van der Waals surface area contributed by atoms with Crippen molar-refractivity contribution in [2.75, 3.05) is 20.2 Å². The molecule has 4 atom stereocenters. The Morgan fingerprint density at radius 2 is 1.54 bits per heavy atom. The number of fused-ring (bicyclic) bond motifs is 2. The number of methoxy groups -OCH3 is 1. The first-order valence-electron chi connectivity index (χ1n) is 18.4. The quantitative estimate of drug-likeness (QED) is 0.137. The van der Waals surface area contributed by atoms with E-state index in [0.717, 1.165) is 83.2 Å². The number of carbonyl (C=O) groups is 3. The first-order chi connectivity index (χ1) is 25.2. The zero-order chi connectivity index (χ0) is 36.5. The van der Waals surface area contributed by atoms with Crippen LogP contribution in [0.4, 0.5) is 4.79 Å². The van der Waals surface area contributed by atoms with Gasteiger partial charge in [0.25, 0.3) is 0 Å². The number of carbonyl (C=O) groups excluding carboxylic acids is 3. The number of amides is 3. The van der Waals surface area contributed by atoms with Gasteiger partial charge < -0.3 is 35.6 Å². The first-order valence-corrected chi connectivity index (χ1v) is 18.4. The van der Waals surface area contributed by atoms with Crippen LogP contribution in [0.2, 0.25) is 0 Å². The summed E-state index contributed by atoms with van der Waals surface area (Å²) in [6.45, 7) is 7.07. The van der Waals surface area contributed by atoms with Crippen LogP contribution >= 0.6 is 0 Å². The average Bonchev–Trinajstić information content (AvgIpc) is 3.99. The van der Waals surface area contributed by atoms with Crippen LogP contribution in [0.15, 0.2) is 54.7 Å². The fraction of sp³-hybridized carbons (Fsp3) is 0.436. The minimum Gasteiger partial charge on any atom is -0.453 e. The highest BCUT2D eigenvalue weighted by molar-refractivity contribution is 5.91. The molecule has 2 fully saturated rings. The number of nitrogens with two attached hydrogens (primary N) is 1. The Labute approximate surface area is 302 Å². The van der Waals surface area contributed by atoms with E-state index in [2.05, 4.69) is 56.7 Å².